The number of aryl methyl sites for hydroxylation is 1. The number of fused-ring (bicyclic) bond motifs is 1. The van der Waals surface area contributed by atoms with Gasteiger partial charge in [0.15, 0.2) is 23.9 Å². The summed E-state index contributed by atoms with van der Waals surface area (Å²) in [4.78, 5) is 22.3. The van der Waals surface area contributed by atoms with Crippen LogP contribution in [-0.2, 0) is 4.79 Å². The fourth-order valence-corrected chi connectivity index (χ4v) is 2.25. The van der Waals surface area contributed by atoms with Crippen molar-refractivity contribution in [3.8, 4) is 17.2 Å². The maximum Gasteiger partial charge on any atom is 0.586 e. The Hall–Kier alpha value is -3.43. The average Bonchev–Trinajstić information content (AvgIpc) is 2.85. The predicted octanol–water partition coefficient (Wildman–Crippen LogP) is 3.24. The largest absolute Gasteiger partial charge is 0.586 e. The molecule has 0 aliphatic carbocycles. The van der Waals surface area contributed by atoms with Crippen LogP contribution in [0.3, 0.4) is 0 Å². The summed E-state index contributed by atoms with van der Waals surface area (Å²) in [6.07, 6.45) is -3.75. The van der Waals surface area contributed by atoms with E-state index in [9.17, 15) is 23.7 Å². The van der Waals surface area contributed by atoms with Crippen LogP contribution in [0.5, 0.6) is 17.2 Å². The van der Waals surface area contributed by atoms with Gasteiger partial charge in [-0.25, -0.2) is 0 Å². The van der Waals surface area contributed by atoms with Gasteiger partial charge in [-0.1, -0.05) is 6.07 Å². The number of alkyl halides is 2. The number of nitrogens with one attached hydrogen (secondary N) is 1. The predicted molar refractivity (Wildman–Crippen MR) is 84.6 cm³/mol. The number of hydrogen-bond donors (Lipinski definition) is 1. The second-order valence-corrected chi connectivity index (χ2v) is 5.39. The van der Waals surface area contributed by atoms with E-state index in [0.717, 1.165) is 5.56 Å². The van der Waals surface area contributed by atoms with Crippen molar-refractivity contribution in [1.29, 1.82) is 0 Å². The number of carbonyl (C=O) groups is 1. The molecule has 1 heterocycles. The molecule has 0 spiro atoms. The molecule has 2 aromatic rings. The number of rotatable bonds is 5. The van der Waals surface area contributed by atoms with Crippen LogP contribution in [-0.4, -0.2) is 23.7 Å². The van der Waals surface area contributed by atoms with Gasteiger partial charge in [0.1, 0.15) is 0 Å². The zero-order valence-electron chi connectivity index (χ0n) is 13.3. The van der Waals surface area contributed by atoms with Gasteiger partial charge >= 0.3 is 12.0 Å². The molecule has 26 heavy (non-hydrogen) atoms. The molecule has 136 valence electrons. The summed E-state index contributed by atoms with van der Waals surface area (Å²) in [5.41, 5.74) is 0.633. The van der Waals surface area contributed by atoms with Crippen molar-refractivity contribution in [2.45, 2.75) is 13.2 Å². The molecule has 2 aromatic carbocycles. The standard InChI is InChI=1S/C16H12F2N2O6/c1-9-2-4-11(20(22)23)13(6-9)24-8-15(21)19-10-3-5-12-14(7-10)26-16(17,18)25-12/h2-7H,8H2,1H3,(H,19,21). The Morgan fingerprint density at radius 1 is 1.23 bits per heavy atom. The monoisotopic (exact) mass is 366 g/mol. The first-order chi connectivity index (χ1) is 12.2. The second-order valence-electron chi connectivity index (χ2n) is 5.39. The summed E-state index contributed by atoms with van der Waals surface area (Å²) in [6.45, 7) is 1.22. The summed E-state index contributed by atoms with van der Waals surface area (Å²) in [5.74, 6) is -1.05. The Bertz CT molecular complexity index is 887. The average molecular weight is 366 g/mol. The molecule has 10 heteroatoms. The zero-order valence-corrected chi connectivity index (χ0v) is 13.3. The fourth-order valence-electron chi connectivity index (χ4n) is 2.25. The van der Waals surface area contributed by atoms with Crippen molar-refractivity contribution < 1.29 is 32.7 Å². The normalized spacial score (nSPS) is 14.0. The van der Waals surface area contributed by atoms with E-state index in [1.807, 2.05) is 0 Å². The van der Waals surface area contributed by atoms with E-state index in [4.69, 9.17) is 4.74 Å². The highest BCUT2D eigenvalue weighted by Gasteiger charge is 2.43. The minimum atomic E-state index is -3.75. The number of anilines is 1. The number of halogens is 2. The first-order valence-electron chi connectivity index (χ1n) is 7.31. The third-order valence-corrected chi connectivity index (χ3v) is 3.36. The van der Waals surface area contributed by atoms with Gasteiger partial charge in [0, 0.05) is 17.8 Å². The Morgan fingerprint density at radius 3 is 2.69 bits per heavy atom. The molecule has 8 nitrogen and oxygen atoms in total. The molecule has 1 aliphatic rings. The summed E-state index contributed by atoms with van der Waals surface area (Å²) < 4.78 is 39.7. The molecule has 0 radical (unpaired) electrons. The van der Waals surface area contributed by atoms with Gasteiger partial charge in [-0.15, -0.1) is 8.78 Å². The number of benzene rings is 2. The highest BCUT2D eigenvalue weighted by molar-refractivity contribution is 5.92. The van der Waals surface area contributed by atoms with Gasteiger partial charge in [0.05, 0.1) is 4.92 Å². The van der Waals surface area contributed by atoms with Crippen LogP contribution in [0.25, 0.3) is 0 Å². The van der Waals surface area contributed by atoms with Gasteiger partial charge in [0.25, 0.3) is 5.91 Å². The topological polar surface area (TPSA) is 99.9 Å². The summed E-state index contributed by atoms with van der Waals surface area (Å²) in [7, 11) is 0. The molecule has 0 saturated heterocycles. The molecule has 0 atom stereocenters. The summed E-state index contributed by atoms with van der Waals surface area (Å²) in [5, 5.41) is 13.4. The Kier molecular flexibility index (Phi) is 4.33. The minimum Gasteiger partial charge on any atom is -0.477 e. The van der Waals surface area contributed by atoms with Crippen LogP contribution in [0.2, 0.25) is 0 Å². The zero-order chi connectivity index (χ0) is 18.9. The number of amides is 1. The third kappa shape index (κ3) is 3.79. The summed E-state index contributed by atoms with van der Waals surface area (Å²) in [6, 6.07) is 8.00. The van der Waals surface area contributed by atoms with E-state index in [-0.39, 0.29) is 28.6 Å². The molecule has 0 fully saturated rings. The van der Waals surface area contributed by atoms with Crippen molar-refractivity contribution >= 4 is 17.3 Å². The smallest absolute Gasteiger partial charge is 0.477 e. The van der Waals surface area contributed by atoms with Crippen molar-refractivity contribution in [3.63, 3.8) is 0 Å². The van der Waals surface area contributed by atoms with Crippen molar-refractivity contribution in [1.82, 2.24) is 0 Å². The van der Waals surface area contributed by atoms with E-state index in [2.05, 4.69) is 14.8 Å². The quantitative estimate of drug-likeness (QED) is 0.644. The Balaban J connectivity index is 1.64. The van der Waals surface area contributed by atoms with Crippen LogP contribution in [0, 0.1) is 17.0 Å². The van der Waals surface area contributed by atoms with E-state index in [1.54, 1.807) is 13.0 Å². The van der Waals surface area contributed by atoms with E-state index >= 15 is 0 Å². The van der Waals surface area contributed by atoms with E-state index in [0.29, 0.717) is 0 Å². The number of nitrogens with zero attached hydrogens (tertiary/aromatic N) is 1. The lowest BCUT2D eigenvalue weighted by atomic mass is 10.2. The van der Waals surface area contributed by atoms with E-state index in [1.165, 1.54) is 30.3 Å². The van der Waals surface area contributed by atoms with Crippen LogP contribution in [0.15, 0.2) is 36.4 Å². The molecule has 0 bridgehead atoms. The number of carbonyl (C=O) groups excluding carboxylic acids is 1. The minimum absolute atomic E-state index is 0.0459. The number of nitro groups is 1. The maximum atomic E-state index is 13.0. The molecule has 0 aromatic heterocycles. The SMILES string of the molecule is Cc1ccc([N+](=O)[O-])c(OCC(=O)Nc2ccc3c(c2)OC(F)(F)O3)c1. The van der Waals surface area contributed by atoms with Crippen molar-refractivity contribution in [2.24, 2.45) is 0 Å². The molecule has 1 aliphatic heterocycles. The van der Waals surface area contributed by atoms with Gasteiger partial charge in [-0.2, -0.15) is 0 Å². The van der Waals surface area contributed by atoms with Gasteiger partial charge in [-0.05, 0) is 30.7 Å². The highest BCUT2D eigenvalue weighted by atomic mass is 19.3. The lowest BCUT2D eigenvalue weighted by molar-refractivity contribution is -0.385. The first-order valence-corrected chi connectivity index (χ1v) is 7.31. The highest BCUT2D eigenvalue weighted by Crippen LogP contribution is 2.42. The van der Waals surface area contributed by atoms with Crippen LogP contribution in [0.1, 0.15) is 5.56 Å². The molecule has 1 N–H and O–H groups in total. The van der Waals surface area contributed by atoms with Crippen LogP contribution in [0.4, 0.5) is 20.2 Å². The van der Waals surface area contributed by atoms with E-state index < -0.39 is 23.7 Å². The maximum absolute atomic E-state index is 13.0. The third-order valence-electron chi connectivity index (χ3n) is 3.36. The fraction of sp³-hybridized carbons (Fsp3) is 0.188. The molecular weight excluding hydrogens is 354 g/mol. The van der Waals surface area contributed by atoms with Gasteiger partial charge in [0.2, 0.25) is 0 Å². The van der Waals surface area contributed by atoms with Crippen molar-refractivity contribution in [3.05, 3.63) is 52.1 Å². The van der Waals surface area contributed by atoms with Gasteiger partial charge < -0.3 is 19.5 Å². The van der Waals surface area contributed by atoms with Crippen molar-refractivity contribution in [2.75, 3.05) is 11.9 Å². The molecule has 3 rings (SSSR count). The number of nitro benzene ring substituents is 1. The van der Waals surface area contributed by atoms with Gasteiger partial charge in [-0.3, -0.25) is 14.9 Å². The Labute approximate surface area is 145 Å². The van der Waals surface area contributed by atoms with Crippen LogP contribution < -0.4 is 19.5 Å². The molecule has 0 unspecified atom stereocenters. The molecular formula is C16H12F2N2O6. The lowest BCUT2D eigenvalue weighted by Crippen LogP contribution is -2.25. The molecule has 0 saturated carbocycles. The Morgan fingerprint density at radius 2 is 1.96 bits per heavy atom. The number of hydrogen-bond acceptors (Lipinski definition) is 6. The first kappa shape index (κ1) is 17.4. The summed E-state index contributed by atoms with van der Waals surface area (Å²) >= 11 is 0. The van der Waals surface area contributed by atoms with Crippen LogP contribution >= 0.6 is 0 Å². The molecule has 1 amide bonds. The number of ether oxygens (including phenoxy) is 3. The lowest BCUT2D eigenvalue weighted by Gasteiger charge is -2.09. The second kappa shape index (κ2) is 6.47.